The number of esters is 2. The van der Waals surface area contributed by atoms with E-state index in [4.69, 9.17) is 24.3 Å². The van der Waals surface area contributed by atoms with Gasteiger partial charge >= 0.3 is 19.8 Å². The van der Waals surface area contributed by atoms with Crippen LogP contribution in [0.1, 0.15) is 219 Å². The molecule has 10 heteroatoms. The van der Waals surface area contributed by atoms with E-state index in [1.807, 2.05) is 0 Å². The fraction of sp³-hybridized carbons (Fsp3) is 0.830. The molecule has 0 rings (SSSR count). The van der Waals surface area contributed by atoms with Crippen LogP contribution in [0, 0.1) is 0 Å². The predicted octanol–water partition coefficient (Wildman–Crippen LogP) is 13.7. The van der Waals surface area contributed by atoms with Crippen LogP contribution >= 0.6 is 7.82 Å². The van der Waals surface area contributed by atoms with Gasteiger partial charge in [-0.15, -0.1) is 0 Å². The van der Waals surface area contributed by atoms with Crippen LogP contribution in [0.3, 0.4) is 0 Å². The van der Waals surface area contributed by atoms with Crippen molar-refractivity contribution in [2.24, 2.45) is 5.73 Å². The van der Waals surface area contributed by atoms with E-state index < -0.39 is 26.5 Å². The Morgan fingerprint density at radius 3 is 1.39 bits per heavy atom. The Morgan fingerprint density at radius 2 is 0.912 bits per heavy atom. The van der Waals surface area contributed by atoms with Gasteiger partial charge in [0.15, 0.2) is 6.10 Å². The van der Waals surface area contributed by atoms with Crippen molar-refractivity contribution in [3.05, 3.63) is 36.5 Å². The number of rotatable bonds is 44. The van der Waals surface area contributed by atoms with Gasteiger partial charge in [0.05, 0.1) is 13.2 Å². The van der Waals surface area contributed by atoms with E-state index in [1.165, 1.54) is 128 Å². The van der Waals surface area contributed by atoms with Crippen molar-refractivity contribution in [1.29, 1.82) is 0 Å². The van der Waals surface area contributed by atoms with Crippen molar-refractivity contribution in [3.63, 3.8) is 0 Å². The highest BCUT2D eigenvalue weighted by Gasteiger charge is 2.26. The van der Waals surface area contributed by atoms with Crippen molar-refractivity contribution in [1.82, 2.24) is 0 Å². The molecule has 0 aromatic carbocycles. The van der Waals surface area contributed by atoms with Gasteiger partial charge in [-0.25, -0.2) is 4.57 Å². The van der Waals surface area contributed by atoms with E-state index in [-0.39, 0.29) is 38.6 Å². The first-order valence-corrected chi connectivity index (χ1v) is 25.0. The third kappa shape index (κ3) is 43.6. The molecule has 3 N–H and O–H groups in total. The van der Waals surface area contributed by atoms with Gasteiger partial charge in [-0.1, -0.05) is 192 Å². The molecule has 0 radical (unpaired) electrons. The summed E-state index contributed by atoms with van der Waals surface area (Å²) in [5.74, 6) is -0.846. The minimum Gasteiger partial charge on any atom is -0.462 e. The molecule has 0 aliphatic heterocycles. The third-order valence-electron chi connectivity index (χ3n) is 10.0. The molecule has 0 aromatic heterocycles. The molecule has 57 heavy (non-hydrogen) atoms. The SMILES string of the molecule is CCCCC/C=C/C/C=C/C/C=C/CCCCCCC(=O)O[C@H](COC(=O)CCCCCCCCCCCCCCCCCCCCC)COP(=O)(O)OCCN. The Kier molecular flexibility index (Phi) is 42.4. The van der Waals surface area contributed by atoms with E-state index >= 15 is 0 Å². The van der Waals surface area contributed by atoms with Crippen LogP contribution in [0.2, 0.25) is 0 Å². The van der Waals surface area contributed by atoms with Crippen LogP contribution in [0.15, 0.2) is 36.5 Å². The van der Waals surface area contributed by atoms with Crippen LogP contribution < -0.4 is 5.73 Å². The average Bonchev–Trinajstić information content (AvgIpc) is 3.20. The molecule has 334 valence electrons. The zero-order chi connectivity index (χ0) is 41.8. The zero-order valence-corrected chi connectivity index (χ0v) is 37.7. The largest absolute Gasteiger partial charge is 0.472 e. The molecule has 0 aliphatic carbocycles. The summed E-state index contributed by atoms with van der Waals surface area (Å²) in [4.78, 5) is 34.9. The maximum atomic E-state index is 12.6. The summed E-state index contributed by atoms with van der Waals surface area (Å²) in [5.41, 5.74) is 5.35. The highest BCUT2D eigenvalue weighted by Crippen LogP contribution is 2.43. The molecule has 9 nitrogen and oxygen atoms in total. The molecule has 0 fully saturated rings. The topological polar surface area (TPSA) is 134 Å². The normalized spacial score (nSPS) is 13.5. The van der Waals surface area contributed by atoms with Gasteiger partial charge in [0, 0.05) is 19.4 Å². The third-order valence-corrected chi connectivity index (χ3v) is 11.0. The lowest BCUT2D eigenvalue weighted by atomic mass is 10.0. The number of phosphoric ester groups is 1. The number of phosphoric acid groups is 1. The number of hydrogen-bond donors (Lipinski definition) is 2. The maximum absolute atomic E-state index is 12.6. The van der Waals surface area contributed by atoms with Gasteiger partial charge in [-0.05, 0) is 51.4 Å². The Labute approximate surface area is 350 Å². The first-order valence-electron chi connectivity index (χ1n) is 23.5. The smallest absolute Gasteiger partial charge is 0.462 e. The van der Waals surface area contributed by atoms with Crippen molar-refractivity contribution < 1.29 is 37.6 Å². The summed E-state index contributed by atoms with van der Waals surface area (Å²) in [6.07, 6.45) is 48.9. The number of nitrogens with two attached hydrogens (primary N) is 1. The number of hydrogen-bond acceptors (Lipinski definition) is 8. The monoisotopic (exact) mass is 826 g/mol. The van der Waals surface area contributed by atoms with Crippen LogP contribution in [-0.2, 0) is 32.7 Å². The second kappa shape index (κ2) is 43.8. The molecule has 2 atom stereocenters. The number of carbonyl (C=O) groups excluding carboxylic acids is 2. The van der Waals surface area contributed by atoms with E-state index in [0.717, 1.165) is 57.8 Å². The molecule has 0 saturated carbocycles. The predicted molar refractivity (Wildman–Crippen MR) is 238 cm³/mol. The molecular formula is C47H88NO8P. The summed E-state index contributed by atoms with van der Waals surface area (Å²) in [6, 6.07) is 0. The summed E-state index contributed by atoms with van der Waals surface area (Å²) in [5, 5.41) is 0. The summed E-state index contributed by atoms with van der Waals surface area (Å²) >= 11 is 0. The lowest BCUT2D eigenvalue weighted by Crippen LogP contribution is -2.29. The summed E-state index contributed by atoms with van der Waals surface area (Å²) in [7, 11) is -4.38. The summed E-state index contributed by atoms with van der Waals surface area (Å²) < 4.78 is 32.8. The molecule has 0 aliphatic rings. The standard InChI is InChI=1S/C47H88NO8P/c1-3-5-7-9-11-13-15-17-19-21-22-24-25-27-29-31-33-35-37-39-46(49)53-43-45(44-55-57(51,52)54-42-41-48)56-47(50)40-38-36-34-32-30-28-26-23-20-18-16-14-12-10-8-6-4-2/h12,14,18,20,26,28,45H,3-11,13,15-17,19,21-25,27,29-44,48H2,1-2H3,(H,51,52)/b14-12+,20-18+,28-26+/t45-/m1/s1. The molecule has 0 saturated heterocycles. The van der Waals surface area contributed by atoms with Gasteiger partial charge in [-0.2, -0.15) is 0 Å². The lowest BCUT2D eigenvalue weighted by molar-refractivity contribution is -0.161. The fourth-order valence-electron chi connectivity index (χ4n) is 6.52. The van der Waals surface area contributed by atoms with Gasteiger partial charge in [0.1, 0.15) is 6.61 Å². The van der Waals surface area contributed by atoms with Crippen LogP contribution in [0.4, 0.5) is 0 Å². The first kappa shape index (κ1) is 55.2. The minimum atomic E-state index is -4.38. The van der Waals surface area contributed by atoms with Crippen molar-refractivity contribution >= 4 is 19.8 Å². The molecule has 0 amide bonds. The second-order valence-corrected chi connectivity index (χ2v) is 17.1. The van der Waals surface area contributed by atoms with Gasteiger partial charge in [0.2, 0.25) is 0 Å². The quantitative estimate of drug-likeness (QED) is 0.0266. The van der Waals surface area contributed by atoms with Crippen molar-refractivity contribution in [2.45, 2.75) is 225 Å². The molecule has 0 spiro atoms. The molecule has 1 unspecified atom stereocenters. The van der Waals surface area contributed by atoms with Gasteiger partial charge in [-0.3, -0.25) is 18.6 Å². The Bertz CT molecular complexity index is 1030. The number of allylic oxidation sites excluding steroid dienone is 6. The number of ether oxygens (including phenoxy) is 2. The highest BCUT2D eigenvalue weighted by molar-refractivity contribution is 7.47. The van der Waals surface area contributed by atoms with Crippen LogP contribution in [0.25, 0.3) is 0 Å². The second-order valence-electron chi connectivity index (χ2n) is 15.6. The highest BCUT2D eigenvalue weighted by atomic mass is 31.2. The van der Waals surface area contributed by atoms with Crippen LogP contribution in [-0.4, -0.2) is 49.3 Å². The average molecular weight is 826 g/mol. The minimum absolute atomic E-state index is 0.0500. The first-order chi connectivity index (χ1) is 27.8. The van der Waals surface area contributed by atoms with Gasteiger partial charge in [0.25, 0.3) is 0 Å². The van der Waals surface area contributed by atoms with E-state index in [9.17, 15) is 19.0 Å². The van der Waals surface area contributed by atoms with Crippen LogP contribution in [0.5, 0.6) is 0 Å². The molecule has 0 bridgehead atoms. The molecule has 0 heterocycles. The van der Waals surface area contributed by atoms with E-state index in [0.29, 0.717) is 6.42 Å². The van der Waals surface area contributed by atoms with Gasteiger partial charge < -0.3 is 20.1 Å². The van der Waals surface area contributed by atoms with Crippen molar-refractivity contribution in [3.8, 4) is 0 Å². The van der Waals surface area contributed by atoms with E-state index in [2.05, 4.69) is 50.3 Å². The Morgan fingerprint density at radius 1 is 0.526 bits per heavy atom. The lowest BCUT2D eigenvalue weighted by Gasteiger charge is -2.19. The summed E-state index contributed by atoms with van der Waals surface area (Å²) in [6.45, 7) is 3.70. The Hall–Kier alpha value is -1.77. The Balaban J connectivity index is 4.12. The molecule has 0 aromatic rings. The maximum Gasteiger partial charge on any atom is 0.472 e. The molecular weight excluding hydrogens is 737 g/mol. The van der Waals surface area contributed by atoms with E-state index in [1.54, 1.807) is 0 Å². The zero-order valence-electron chi connectivity index (χ0n) is 36.8. The number of carbonyl (C=O) groups is 2. The number of unbranched alkanes of at least 4 members (excludes halogenated alkanes) is 25. The fourth-order valence-corrected chi connectivity index (χ4v) is 7.29. The van der Waals surface area contributed by atoms with Crippen molar-refractivity contribution in [2.75, 3.05) is 26.4 Å².